The Balaban J connectivity index is 2.04. The molecule has 3 N–H and O–H groups in total. The molecule has 1 aliphatic carbocycles. The number of pyridine rings is 1. The number of hydrogen-bond donors (Lipinski definition) is 2. The molecule has 0 radical (unpaired) electrons. The molecule has 3 rings (SSSR count). The van der Waals surface area contributed by atoms with Crippen LogP contribution in [0.5, 0.6) is 0 Å². The SMILES string of the molecule is CC(CN)(NC(=O)c1nc(S(C)(=O)=O)n2ccccc12)C1CC1. The summed E-state index contributed by atoms with van der Waals surface area (Å²) in [6.07, 6.45) is 4.72. The first-order valence-corrected chi connectivity index (χ1v) is 9.35. The van der Waals surface area contributed by atoms with E-state index in [1.807, 2.05) is 6.92 Å². The fourth-order valence-corrected chi connectivity index (χ4v) is 3.57. The Kier molecular flexibility index (Phi) is 3.68. The highest BCUT2D eigenvalue weighted by atomic mass is 32.2. The molecule has 7 nitrogen and oxygen atoms in total. The number of amides is 1. The average Bonchev–Trinajstić information content (AvgIpc) is 3.26. The lowest BCUT2D eigenvalue weighted by atomic mass is 9.96. The normalized spacial score (nSPS) is 17.9. The van der Waals surface area contributed by atoms with Crippen molar-refractivity contribution in [2.45, 2.75) is 30.5 Å². The summed E-state index contributed by atoms with van der Waals surface area (Å²) in [5, 5.41) is 2.80. The van der Waals surface area contributed by atoms with Gasteiger partial charge in [0.1, 0.15) is 0 Å². The lowest BCUT2D eigenvalue weighted by molar-refractivity contribution is 0.0894. The highest BCUT2D eigenvalue weighted by Gasteiger charge is 2.42. The van der Waals surface area contributed by atoms with E-state index in [0.29, 0.717) is 18.0 Å². The lowest BCUT2D eigenvalue weighted by Crippen LogP contribution is -2.53. The summed E-state index contributed by atoms with van der Waals surface area (Å²) < 4.78 is 25.2. The van der Waals surface area contributed by atoms with Gasteiger partial charge in [-0.1, -0.05) is 6.07 Å². The molecule has 8 heteroatoms. The number of hydrogen-bond acceptors (Lipinski definition) is 5. The van der Waals surface area contributed by atoms with Crippen LogP contribution >= 0.6 is 0 Å². The Morgan fingerprint density at radius 1 is 1.48 bits per heavy atom. The maximum absolute atomic E-state index is 12.7. The van der Waals surface area contributed by atoms with Crippen molar-refractivity contribution in [2.75, 3.05) is 12.8 Å². The maximum atomic E-state index is 12.7. The average molecular weight is 336 g/mol. The summed E-state index contributed by atoms with van der Waals surface area (Å²) in [7, 11) is -3.55. The lowest BCUT2D eigenvalue weighted by Gasteiger charge is -2.29. The van der Waals surface area contributed by atoms with Crippen LogP contribution in [0.15, 0.2) is 29.6 Å². The van der Waals surface area contributed by atoms with Crippen LogP contribution in [-0.4, -0.2) is 42.0 Å². The van der Waals surface area contributed by atoms with Crippen molar-refractivity contribution in [1.29, 1.82) is 0 Å². The van der Waals surface area contributed by atoms with E-state index >= 15 is 0 Å². The number of carbonyl (C=O) groups is 1. The third-order valence-electron chi connectivity index (χ3n) is 4.36. The van der Waals surface area contributed by atoms with Gasteiger partial charge >= 0.3 is 0 Å². The summed E-state index contributed by atoms with van der Waals surface area (Å²) in [6, 6.07) is 5.11. The number of imidazole rings is 1. The highest BCUT2D eigenvalue weighted by Crippen LogP contribution is 2.39. The molecule has 2 aromatic heterocycles. The van der Waals surface area contributed by atoms with E-state index < -0.39 is 21.3 Å². The fourth-order valence-electron chi connectivity index (χ4n) is 2.80. The first kappa shape index (κ1) is 15.9. The van der Waals surface area contributed by atoms with Gasteiger partial charge < -0.3 is 11.1 Å². The molecule has 0 aromatic carbocycles. The number of fused-ring (bicyclic) bond motifs is 1. The summed E-state index contributed by atoms with van der Waals surface area (Å²) in [6.45, 7) is 2.24. The molecule has 2 aromatic rings. The van der Waals surface area contributed by atoms with Crippen molar-refractivity contribution in [3.8, 4) is 0 Å². The molecular formula is C15H20N4O3S. The number of nitrogens with zero attached hydrogens (tertiary/aromatic N) is 2. The van der Waals surface area contributed by atoms with E-state index in [-0.39, 0.29) is 10.9 Å². The topological polar surface area (TPSA) is 107 Å². The maximum Gasteiger partial charge on any atom is 0.272 e. The van der Waals surface area contributed by atoms with Crippen molar-refractivity contribution >= 4 is 21.3 Å². The smallest absolute Gasteiger partial charge is 0.272 e. The van der Waals surface area contributed by atoms with E-state index in [1.165, 1.54) is 4.40 Å². The van der Waals surface area contributed by atoms with Gasteiger partial charge in [-0.3, -0.25) is 9.20 Å². The first-order chi connectivity index (χ1) is 10.8. The van der Waals surface area contributed by atoms with Crippen LogP contribution in [-0.2, 0) is 9.84 Å². The van der Waals surface area contributed by atoms with E-state index in [1.54, 1.807) is 24.4 Å². The standard InChI is InChI=1S/C15H20N4O3S/c1-15(9-16,10-6-7-10)18-13(20)12-11-5-3-4-8-19(11)14(17-12)23(2,21)22/h3-5,8,10H,6-7,9,16H2,1-2H3,(H,18,20). The Labute approximate surface area is 134 Å². The minimum absolute atomic E-state index is 0.103. The summed E-state index contributed by atoms with van der Waals surface area (Å²) >= 11 is 0. The third-order valence-corrected chi connectivity index (χ3v) is 5.32. The monoisotopic (exact) mass is 336 g/mol. The second kappa shape index (κ2) is 5.31. The van der Waals surface area contributed by atoms with E-state index in [4.69, 9.17) is 5.73 Å². The van der Waals surface area contributed by atoms with Gasteiger partial charge in [0.15, 0.2) is 5.69 Å². The predicted octanol–water partition coefficient (Wildman–Crippen LogP) is 0.595. The molecule has 23 heavy (non-hydrogen) atoms. The van der Waals surface area contributed by atoms with Crippen LogP contribution in [0.1, 0.15) is 30.3 Å². The van der Waals surface area contributed by atoms with Crippen molar-refractivity contribution in [1.82, 2.24) is 14.7 Å². The molecule has 1 saturated carbocycles. The van der Waals surface area contributed by atoms with Gasteiger partial charge in [-0.2, -0.15) is 0 Å². The number of carbonyl (C=O) groups excluding carboxylic acids is 1. The van der Waals surface area contributed by atoms with Gasteiger partial charge in [-0.05, 0) is 37.8 Å². The molecule has 0 bridgehead atoms. The van der Waals surface area contributed by atoms with E-state index in [9.17, 15) is 13.2 Å². The quantitative estimate of drug-likeness (QED) is 0.831. The van der Waals surface area contributed by atoms with Crippen LogP contribution in [0.3, 0.4) is 0 Å². The molecular weight excluding hydrogens is 316 g/mol. The first-order valence-electron chi connectivity index (χ1n) is 7.46. The molecule has 1 atom stereocenters. The molecule has 124 valence electrons. The molecule has 2 heterocycles. The molecule has 1 amide bonds. The zero-order valence-corrected chi connectivity index (χ0v) is 13.9. The van der Waals surface area contributed by atoms with Crippen molar-refractivity contribution in [3.05, 3.63) is 30.1 Å². The number of rotatable bonds is 5. The van der Waals surface area contributed by atoms with Gasteiger partial charge in [-0.15, -0.1) is 0 Å². The van der Waals surface area contributed by atoms with Crippen LogP contribution in [0.4, 0.5) is 0 Å². The fraction of sp³-hybridized carbons (Fsp3) is 0.467. The van der Waals surface area contributed by atoms with Gasteiger partial charge in [0, 0.05) is 19.0 Å². The zero-order chi connectivity index (χ0) is 16.8. The van der Waals surface area contributed by atoms with E-state index in [2.05, 4.69) is 10.3 Å². The molecule has 0 saturated heterocycles. The number of aromatic nitrogens is 2. The second-order valence-corrected chi connectivity index (χ2v) is 8.23. The Hall–Kier alpha value is -1.93. The summed E-state index contributed by atoms with van der Waals surface area (Å²) in [4.78, 5) is 16.7. The third kappa shape index (κ3) is 2.84. The molecule has 0 spiro atoms. The molecule has 1 fully saturated rings. The van der Waals surface area contributed by atoms with Crippen molar-refractivity contribution in [3.63, 3.8) is 0 Å². The van der Waals surface area contributed by atoms with Crippen LogP contribution < -0.4 is 11.1 Å². The Morgan fingerprint density at radius 2 is 2.17 bits per heavy atom. The van der Waals surface area contributed by atoms with Gasteiger partial charge in [0.25, 0.3) is 5.91 Å². The molecule has 1 aliphatic rings. The van der Waals surface area contributed by atoms with Crippen molar-refractivity contribution in [2.24, 2.45) is 11.7 Å². The minimum atomic E-state index is -3.55. The number of nitrogens with two attached hydrogens (primary N) is 1. The minimum Gasteiger partial charge on any atom is -0.344 e. The van der Waals surface area contributed by atoms with E-state index in [0.717, 1.165) is 19.1 Å². The number of nitrogens with one attached hydrogen (secondary N) is 1. The number of sulfone groups is 1. The summed E-state index contributed by atoms with van der Waals surface area (Å²) in [5.74, 6) is -0.0387. The predicted molar refractivity (Wildman–Crippen MR) is 86.0 cm³/mol. The van der Waals surface area contributed by atoms with Gasteiger partial charge in [0.2, 0.25) is 15.0 Å². The van der Waals surface area contributed by atoms with Crippen LogP contribution in [0.2, 0.25) is 0 Å². The zero-order valence-electron chi connectivity index (χ0n) is 13.1. The molecule has 0 aliphatic heterocycles. The van der Waals surface area contributed by atoms with Gasteiger partial charge in [0.05, 0.1) is 11.1 Å². The van der Waals surface area contributed by atoms with Crippen molar-refractivity contribution < 1.29 is 13.2 Å². The Bertz CT molecular complexity index is 870. The largest absolute Gasteiger partial charge is 0.344 e. The second-order valence-electron chi connectivity index (χ2n) is 6.32. The molecule has 1 unspecified atom stereocenters. The summed E-state index contributed by atoms with van der Waals surface area (Å²) in [5.41, 5.74) is 5.89. The van der Waals surface area contributed by atoms with Crippen LogP contribution in [0, 0.1) is 5.92 Å². The van der Waals surface area contributed by atoms with Crippen LogP contribution in [0.25, 0.3) is 5.52 Å². The Morgan fingerprint density at radius 3 is 2.74 bits per heavy atom. The highest BCUT2D eigenvalue weighted by molar-refractivity contribution is 7.90. The van der Waals surface area contributed by atoms with Gasteiger partial charge in [-0.25, -0.2) is 13.4 Å².